The minimum absolute atomic E-state index is 0.0480. The molecular weight excluding hydrogens is 568 g/mol. The molecule has 5 rings (SSSR count). The molecule has 224 valence electrons. The summed E-state index contributed by atoms with van der Waals surface area (Å²) < 4.78 is 1.55. The highest BCUT2D eigenvalue weighted by Crippen LogP contribution is 2.26. The van der Waals surface area contributed by atoms with Crippen LogP contribution in [-0.2, 0) is 16.0 Å². The van der Waals surface area contributed by atoms with Crippen LogP contribution in [0.25, 0.3) is 5.65 Å². The molecule has 0 spiro atoms. The quantitative estimate of drug-likeness (QED) is 0.273. The second kappa shape index (κ2) is 13.6. The van der Waals surface area contributed by atoms with Gasteiger partial charge in [0.25, 0.3) is 11.8 Å². The Hall–Kier alpha value is -4.65. The monoisotopic (exact) mass is 602 g/mol. The number of nitrogens with one attached hydrogen (secondary N) is 4. The number of carbonyl (C=O) groups excluding carboxylic acids is 4. The second-order valence-corrected chi connectivity index (χ2v) is 11.7. The number of rotatable bonds is 5. The number of benzene rings is 1. The van der Waals surface area contributed by atoms with Crippen LogP contribution in [0.15, 0.2) is 60.4 Å². The number of amides is 4. The van der Waals surface area contributed by atoms with Crippen LogP contribution in [0, 0.1) is 5.92 Å². The van der Waals surface area contributed by atoms with Gasteiger partial charge in [-0.25, -0.2) is 14.5 Å². The van der Waals surface area contributed by atoms with Crippen molar-refractivity contribution in [2.45, 2.75) is 57.7 Å². The summed E-state index contributed by atoms with van der Waals surface area (Å²) in [5.74, 6) is -1.57. The van der Waals surface area contributed by atoms with Crippen LogP contribution in [0.2, 0.25) is 0 Å². The fourth-order valence-corrected chi connectivity index (χ4v) is 5.89. The topological polar surface area (TPSA) is 159 Å². The molecule has 0 saturated carbocycles. The van der Waals surface area contributed by atoms with E-state index in [1.165, 1.54) is 17.7 Å². The van der Waals surface area contributed by atoms with Gasteiger partial charge in [-0.2, -0.15) is 5.10 Å². The van der Waals surface area contributed by atoms with E-state index in [4.69, 9.17) is 0 Å². The normalized spacial score (nSPS) is 20.3. The van der Waals surface area contributed by atoms with Gasteiger partial charge in [-0.15, -0.1) is 11.3 Å². The lowest BCUT2D eigenvalue weighted by atomic mass is 10.0. The predicted octanol–water partition coefficient (Wildman–Crippen LogP) is 2.44. The van der Waals surface area contributed by atoms with Crippen LogP contribution < -0.4 is 21.3 Å². The summed E-state index contributed by atoms with van der Waals surface area (Å²) in [6.07, 6.45) is 4.85. The zero-order valence-electron chi connectivity index (χ0n) is 23.9. The van der Waals surface area contributed by atoms with Gasteiger partial charge in [0.1, 0.15) is 29.1 Å². The Morgan fingerprint density at radius 3 is 2.70 bits per heavy atom. The fourth-order valence-electron chi connectivity index (χ4n) is 4.87. The third-order valence-electron chi connectivity index (χ3n) is 7.27. The molecule has 2 bridgehead atoms. The highest BCUT2D eigenvalue weighted by molar-refractivity contribution is 7.09. The van der Waals surface area contributed by atoms with Crippen molar-refractivity contribution in [3.8, 4) is 0 Å². The van der Waals surface area contributed by atoms with Crippen molar-refractivity contribution in [1.29, 1.82) is 0 Å². The number of nitrogens with zero attached hydrogens (tertiary/aromatic N) is 4. The lowest BCUT2D eigenvalue weighted by molar-refractivity contribution is -0.124. The Labute approximate surface area is 252 Å². The average Bonchev–Trinajstić information content (AvgIpc) is 3.68. The molecule has 0 unspecified atom stereocenters. The number of pyridine rings is 1. The molecule has 4 N–H and O–H groups in total. The van der Waals surface area contributed by atoms with Crippen molar-refractivity contribution in [2.75, 3.05) is 6.54 Å². The van der Waals surface area contributed by atoms with Gasteiger partial charge < -0.3 is 21.3 Å². The number of hydrogen-bond donors (Lipinski definition) is 4. The number of thiazole rings is 1. The van der Waals surface area contributed by atoms with Gasteiger partial charge in [0.15, 0.2) is 5.65 Å². The number of fused-ring (bicyclic) bond motifs is 3. The van der Waals surface area contributed by atoms with Crippen LogP contribution in [-0.4, -0.2) is 61.8 Å². The molecule has 0 saturated heterocycles. The molecule has 4 amide bonds. The Kier molecular flexibility index (Phi) is 9.40. The summed E-state index contributed by atoms with van der Waals surface area (Å²) in [5, 5.41) is 17.9. The summed E-state index contributed by atoms with van der Waals surface area (Å²) >= 11 is 1.26. The SMILES string of the molecule is CC(C)[C@H]1NC(=O)[C@@H](NC(=O)c2ccn3ncnc3c2)CCCCNC(=O)[C@@H](Cc2ccccc2)NC(=O)c2csc1n2. The lowest BCUT2D eigenvalue weighted by Gasteiger charge is -2.25. The van der Waals surface area contributed by atoms with Crippen molar-refractivity contribution >= 4 is 40.6 Å². The Morgan fingerprint density at radius 2 is 1.91 bits per heavy atom. The van der Waals surface area contributed by atoms with E-state index in [1.807, 2.05) is 44.2 Å². The van der Waals surface area contributed by atoms with Crippen molar-refractivity contribution in [2.24, 2.45) is 5.92 Å². The first kappa shape index (κ1) is 29.8. The molecule has 4 heterocycles. The summed E-state index contributed by atoms with van der Waals surface area (Å²) in [5.41, 5.74) is 1.96. The van der Waals surface area contributed by atoms with Crippen molar-refractivity contribution in [1.82, 2.24) is 40.8 Å². The van der Waals surface area contributed by atoms with Crippen LogP contribution in [0.4, 0.5) is 0 Å². The molecule has 1 aliphatic rings. The first-order chi connectivity index (χ1) is 20.8. The van der Waals surface area contributed by atoms with Gasteiger partial charge in [-0.3, -0.25) is 19.2 Å². The van der Waals surface area contributed by atoms with Crippen LogP contribution >= 0.6 is 11.3 Å². The van der Waals surface area contributed by atoms with Gasteiger partial charge in [-0.05, 0) is 42.9 Å². The summed E-state index contributed by atoms with van der Waals surface area (Å²) in [6.45, 7) is 4.25. The van der Waals surface area contributed by atoms with Gasteiger partial charge in [0.2, 0.25) is 11.8 Å². The molecule has 12 nitrogen and oxygen atoms in total. The molecule has 0 radical (unpaired) electrons. The number of aromatic nitrogens is 4. The Balaban J connectivity index is 1.37. The van der Waals surface area contributed by atoms with Crippen LogP contribution in [0.5, 0.6) is 0 Å². The number of hydrogen-bond acceptors (Lipinski definition) is 8. The van der Waals surface area contributed by atoms with Crippen molar-refractivity contribution in [3.63, 3.8) is 0 Å². The highest BCUT2D eigenvalue weighted by atomic mass is 32.1. The molecule has 1 aromatic carbocycles. The minimum atomic E-state index is -0.833. The first-order valence-corrected chi connectivity index (χ1v) is 15.1. The maximum Gasteiger partial charge on any atom is 0.271 e. The largest absolute Gasteiger partial charge is 0.354 e. The zero-order valence-corrected chi connectivity index (χ0v) is 24.8. The Bertz CT molecular complexity index is 1600. The van der Waals surface area contributed by atoms with Gasteiger partial charge in [0.05, 0.1) is 6.04 Å². The maximum absolute atomic E-state index is 13.6. The molecule has 3 atom stereocenters. The predicted molar refractivity (Wildman–Crippen MR) is 160 cm³/mol. The average molecular weight is 603 g/mol. The minimum Gasteiger partial charge on any atom is -0.354 e. The zero-order chi connectivity index (χ0) is 30.3. The summed E-state index contributed by atoms with van der Waals surface area (Å²) in [4.78, 5) is 61.8. The van der Waals surface area contributed by atoms with E-state index in [0.29, 0.717) is 48.4 Å². The van der Waals surface area contributed by atoms with Crippen molar-refractivity contribution < 1.29 is 19.2 Å². The smallest absolute Gasteiger partial charge is 0.271 e. The van der Waals surface area contributed by atoms with Gasteiger partial charge in [0, 0.05) is 30.1 Å². The second-order valence-electron chi connectivity index (χ2n) is 10.8. The molecule has 13 heteroatoms. The highest BCUT2D eigenvalue weighted by Gasteiger charge is 2.29. The van der Waals surface area contributed by atoms with Crippen LogP contribution in [0.1, 0.15) is 70.6 Å². The molecule has 4 aromatic rings. The van der Waals surface area contributed by atoms with E-state index in [-0.39, 0.29) is 23.4 Å². The molecule has 43 heavy (non-hydrogen) atoms. The Morgan fingerprint density at radius 1 is 1.09 bits per heavy atom. The standard InChI is InChI=1S/C30H34N8O4S/c1-18(2)25-30-36-23(16-43-30)29(42)35-22(14-19-8-4-3-5-9-19)27(40)31-12-7-6-10-21(28(41)37-25)34-26(39)20-11-13-38-24(15-20)32-17-33-38/h3-5,8-9,11,13,15-18,21-22,25H,6-7,10,12,14H2,1-2H3,(H,31,40)(H,34,39)(H,35,42)(H,37,41)/t21-,22+,25+/m0/s1. The number of carbonyl (C=O) groups is 4. The van der Waals surface area contributed by atoms with Crippen molar-refractivity contribution in [3.05, 3.63) is 82.2 Å². The maximum atomic E-state index is 13.6. The van der Waals surface area contributed by atoms with E-state index in [9.17, 15) is 19.2 Å². The molecule has 3 aromatic heterocycles. The molecule has 0 aliphatic carbocycles. The third kappa shape index (κ3) is 7.41. The first-order valence-electron chi connectivity index (χ1n) is 14.3. The van der Waals surface area contributed by atoms with E-state index in [0.717, 1.165) is 5.56 Å². The molecule has 1 aliphatic heterocycles. The van der Waals surface area contributed by atoms with E-state index >= 15 is 0 Å². The van der Waals surface area contributed by atoms with E-state index in [1.54, 1.807) is 28.2 Å². The molecule has 0 fully saturated rings. The van der Waals surface area contributed by atoms with Crippen LogP contribution in [0.3, 0.4) is 0 Å². The molecular formula is C30H34N8O4S. The summed E-state index contributed by atoms with van der Waals surface area (Å²) in [6, 6.07) is 10.6. The fraction of sp³-hybridized carbons (Fsp3) is 0.367. The van der Waals surface area contributed by atoms with E-state index < -0.39 is 29.9 Å². The van der Waals surface area contributed by atoms with E-state index in [2.05, 4.69) is 36.3 Å². The lowest BCUT2D eigenvalue weighted by Crippen LogP contribution is -2.49. The van der Waals surface area contributed by atoms with Gasteiger partial charge in [-0.1, -0.05) is 44.2 Å². The summed E-state index contributed by atoms with van der Waals surface area (Å²) in [7, 11) is 0. The third-order valence-corrected chi connectivity index (χ3v) is 8.20. The van der Waals surface area contributed by atoms with Gasteiger partial charge >= 0.3 is 0 Å².